The highest BCUT2D eigenvalue weighted by Gasteiger charge is 2.44. The van der Waals surface area contributed by atoms with E-state index in [2.05, 4.69) is 4.74 Å². The third-order valence-corrected chi connectivity index (χ3v) is 5.31. The highest BCUT2D eigenvalue weighted by atomic mass is 19.3. The molecule has 0 spiro atoms. The molecule has 0 aliphatic carbocycles. The molecule has 1 aliphatic rings. The van der Waals surface area contributed by atoms with Gasteiger partial charge in [0.1, 0.15) is 6.04 Å². The lowest BCUT2D eigenvalue weighted by Gasteiger charge is -2.32. The predicted octanol–water partition coefficient (Wildman–Crippen LogP) is 3.97. The van der Waals surface area contributed by atoms with Crippen molar-refractivity contribution in [3.63, 3.8) is 0 Å². The second kappa shape index (κ2) is 9.97. The number of amides is 3. The Hall–Kier alpha value is -3.49. The van der Waals surface area contributed by atoms with Crippen LogP contribution in [0.1, 0.15) is 47.1 Å². The number of hydrogen-bond acceptors (Lipinski definition) is 5. The van der Waals surface area contributed by atoms with Crippen LogP contribution in [-0.2, 0) is 11.3 Å². The Labute approximate surface area is 190 Å². The molecule has 176 valence electrons. The Morgan fingerprint density at radius 2 is 1.64 bits per heavy atom. The zero-order chi connectivity index (χ0) is 24.3. The molecule has 0 aromatic heterocycles. The van der Waals surface area contributed by atoms with E-state index in [-0.39, 0.29) is 41.7 Å². The van der Waals surface area contributed by atoms with Crippen molar-refractivity contribution in [1.29, 1.82) is 0 Å². The molecule has 7 nitrogen and oxygen atoms in total. The Bertz CT molecular complexity index is 1020. The van der Waals surface area contributed by atoms with E-state index in [1.165, 1.54) is 17.0 Å². The summed E-state index contributed by atoms with van der Waals surface area (Å²) in [6.07, 6.45) is 0. The fourth-order valence-corrected chi connectivity index (χ4v) is 3.84. The first-order valence-electron chi connectivity index (χ1n) is 10.6. The first kappa shape index (κ1) is 24.2. The minimum Gasteiger partial charge on any atom is -0.490 e. The van der Waals surface area contributed by atoms with Crippen LogP contribution >= 0.6 is 0 Å². The fraction of sp³-hybridized carbons (Fsp3) is 0.375. The normalized spacial score (nSPS) is 14.0. The average Bonchev–Trinajstić information content (AvgIpc) is 3.01. The molecule has 1 aliphatic heterocycles. The number of carbonyl (C=O) groups is 3. The molecule has 0 fully saturated rings. The Morgan fingerprint density at radius 3 is 2.15 bits per heavy atom. The highest BCUT2D eigenvalue weighted by molar-refractivity contribution is 6.22. The van der Waals surface area contributed by atoms with E-state index >= 15 is 0 Å². The highest BCUT2D eigenvalue weighted by Crippen LogP contribution is 2.31. The van der Waals surface area contributed by atoms with Crippen LogP contribution in [0.15, 0.2) is 42.5 Å². The number of hydrogen-bond donors (Lipinski definition) is 0. The smallest absolute Gasteiger partial charge is 0.387 e. The second-order valence-electron chi connectivity index (χ2n) is 8.00. The Kier molecular flexibility index (Phi) is 7.30. The van der Waals surface area contributed by atoms with Crippen molar-refractivity contribution in [3.05, 3.63) is 59.2 Å². The molecular weight excluding hydrogens is 434 g/mol. The number of halogens is 2. The fourth-order valence-electron chi connectivity index (χ4n) is 3.84. The van der Waals surface area contributed by atoms with Gasteiger partial charge in [0.15, 0.2) is 11.5 Å². The van der Waals surface area contributed by atoms with Gasteiger partial charge in [-0.25, -0.2) is 0 Å². The molecule has 0 radical (unpaired) electrons. The summed E-state index contributed by atoms with van der Waals surface area (Å²) in [7, 11) is 1.56. The van der Waals surface area contributed by atoms with Gasteiger partial charge in [0.25, 0.3) is 11.8 Å². The molecule has 0 saturated heterocycles. The van der Waals surface area contributed by atoms with E-state index < -0.39 is 30.4 Å². The Morgan fingerprint density at radius 1 is 1.03 bits per heavy atom. The lowest BCUT2D eigenvalue weighted by Crippen LogP contribution is -2.52. The number of fused-ring (bicyclic) bond motifs is 1. The summed E-state index contributed by atoms with van der Waals surface area (Å²) in [6, 6.07) is 9.92. The van der Waals surface area contributed by atoms with Gasteiger partial charge in [0.2, 0.25) is 5.91 Å². The maximum absolute atomic E-state index is 13.4. The van der Waals surface area contributed by atoms with Crippen LogP contribution in [-0.4, -0.2) is 53.8 Å². The minimum atomic E-state index is -2.99. The number of benzene rings is 2. The predicted molar refractivity (Wildman–Crippen MR) is 116 cm³/mol. The van der Waals surface area contributed by atoms with Crippen LogP contribution in [0.3, 0.4) is 0 Å². The average molecular weight is 460 g/mol. The molecule has 3 amide bonds. The van der Waals surface area contributed by atoms with Gasteiger partial charge >= 0.3 is 6.61 Å². The van der Waals surface area contributed by atoms with Gasteiger partial charge in [0, 0.05) is 13.6 Å². The van der Waals surface area contributed by atoms with Gasteiger partial charge in [-0.3, -0.25) is 19.3 Å². The topological polar surface area (TPSA) is 76.2 Å². The van der Waals surface area contributed by atoms with Gasteiger partial charge in [-0.15, -0.1) is 0 Å². The van der Waals surface area contributed by atoms with Gasteiger partial charge in [-0.05, 0) is 42.7 Å². The summed E-state index contributed by atoms with van der Waals surface area (Å²) in [5.74, 6) is -1.70. The number of nitrogens with zero attached hydrogens (tertiary/aromatic N) is 2. The molecule has 0 bridgehead atoms. The van der Waals surface area contributed by atoms with Crippen LogP contribution in [0.25, 0.3) is 0 Å². The maximum Gasteiger partial charge on any atom is 0.387 e. The van der Waals surface area contributed by atoms with Crippen molar-refractivity contribution in [3.8, 4) is 11.5 Å². The van der Waals surface area contributed by atoms with Crippen LogP contribution in [0.5, 0.6) is 11.5 Å². The zero-order valence-corrected chi connectivity index (χ0v) is 18.9. The molecule has 2 aromatic rings. The van der Waals surface area contributed by atoms with Crippen molar-refractivity contribution >= 4 is 17.7 Å². The van der Waals surface area contributed by atoms with Crippen LogP contribution in [0.2, 0.25) is 0 Å². The number of imide groups is 1. The van der Waals surface area contributed by atoms with Gasteiger partial charge in [-0.1, -0.05) is 32.0 Å². The number of alkyl halides is 2. The molecule has 33 heavy (non-hydrogen) atoms. The molecule has 0 N–H and O–H groups in total. The standard InChI is InChI=1S/C24H26F2N2O5/c1-5-32-19-12-15(10-11-18(19)33-24(25)26)13-27(4)23(31)20(14(2)3)28-21(29)16-8-6-7-9-17(16)22(28)30/h6-12,14,20,24H,5,13H2,1-4H3. The zero-order valence-electron chi connectivity index (χ0n) is 18.9. The van der Waals surface area contributed by atoms with Crippen LogP contribution in [0.4, 0.5) is 8.78 Å². The number of rotatable bonds is 9. The summed E-state index contributed by atoms with van der Waals surface area (Å²) in [5.41, 5.74) is 1.17. The first-order valence-corrected chi connectivity index (χ1v) is 10.6. The molecule has 1 atom stereocenters. The summed E-state index contributed by atoms with van der Waals surface area (Å²) >= 11 is 0. The van der Waals surface area contributed by atoms with Crippen LogP contribution < -0.4 is 9.47 Å². The molecular formula is C24H26F2N2O5. The van der Waals surface area contributed by atoms with Gasteiger partial charge < -0.3 is 14.4 Å². The monoisotopic (exact) mass is 460 g/mol. The van der Waals surface area contributed by atoms with Crippen molar-refractivity contribution in [2.45, 2.75) is 40.0 Å². The van der Waals surface area contributed by atoms with E-state index in [0.29, 0.717) is 5.56 Å². The van der Waals surface area contributed by atoms with Crippen LogP contribution in [0, 0.1) is 5.92 Å². The largest absolute Gasteiger partial charge is 0.490 e. The quantitative estimate of drug-likeness (QED) is 0.530. The lowest BCUT2D eigenvalue weighted by molar-refractivity contribution is -0.136. The summed E-state index contributed by atoms with van der Waals surface area (Å²) < 4.78 is 35.2. The van der Waals surface area contributed by atoms with Crippen molar-refractivity contribution in [2.75, 3.05) is 13.7 Å². The van der Waals surface area contributed by atoms with Gasteiger partial charge in [-0.2, -0.15) is 8.78 Å². The molecule has 0 saturated carbocycles. The van der Waals surface area contributed by atoms with E-state index in [9.17, 15) is 23.2 Å². The van der Waals surface area contributed by atoms with Crippen molar-refractivity contribution in [1.82, 2.24) is 9.80 Å². The number of carbonyl (C=O) groups excluding carboxylic acids is 3. The van der Waals surface area contributed by atoms with E-state index in [0.717, 1.165) is 4.90 Å². The van der Waals surface area contributed by atoms with E-state index in [1.54, 1.807) is 58.2 Å². The SMILES string of the molecule is CCOc1cc(CN(C)C(=O)C(C(C)C)N2C(=O)c3ccccc3C2=O)ccc1OC(F)F. The second-order valence-corrected chi connectivity index (χ2v) is 8.00. The Balaban J connectivity index is 1.82. The van der Waals surface area contributed by atoms with E-state index in [4.69, 9.17) is 4.74 Å². The summed E-state index contributed by atoms with van der Waals surface area (Å²) in [4.78, 5) is 41.6. The van der Waals surface area contributed by atoms with Gasteiger partial charge in [0.05, 0.1) is 17.7 Å². The molecule has 1 unspecified atom stereocenters. The van der Waals surface area contributed by atoms with Crippen molar-refractivity contribution in [2.24, 2.45) is 5.92 Å². The molecule has 9 heteroatoms. The van der Waals surface area contributed by atoms with E-state index in [1.807, 2.05) is 0 Å². The van der Waals surface area contributed by atoms with Crippen molar-refractivity contribution < 1.29 is 32.6 Å². The molecule has 2 aromatic carbocycles. The lowest BCUT2D eigenvalue weighted by atomic mass is 10.0. The first-order chi connectivity index (χ1) is 15.6. The molecule has 1 heterocycles. The number of ether oxygens (including phenoxy) is 2. The minimum absolute atomic E-state index is 0.101. The third-order valence-electron chi connectivity index (χ3n) is 5.31. The maximum atomic E-state index is 13.4. The molecule has 3 rings (SSSR count). The third kappa shape index (κ3) is 4.97. The number of likely N-dealkylation sites (N-methyl/N-ethyl adjacent to an activating group) is 1. The summed E-state index contributed by atoms with van der Waals surface area (Å²) in [6.45, 7) is 2.61. The summed E-state index contributed by atoms with van der Waals surface area (Å²) in [5, 5.41) is 0.